The van der Waals surface area contributed by atoms with Gasteiger partial charge >= 0.3 is 0 Å². The molecule has 0 unspecified atom stereocenters. The lowest BCUT2D eigenvalue weighted by Crippen LogP contribution is -2.42. The highest BCUT2D eigenvalue weighted by molar-refractivity contribution is 9.10. The largest absolute Gasteiger partial charge is 0.481 e. The Balaban J connectivity index is 2.88. The number of nitrogens with one attached hydrogen (secondary N) is 1. The van der Waals surface area contributed by atoms with Crippen molar-refractivity contribution < 1.29 is 14.6 Å². The number of ether oxygens (including phenoxy) is 1. The van der Waals surface area contributed by atoms with E-state index in [0.29, 0.717) is 29.0 Å². The van der Waals surface area contributed by atoms with Crippen LogP contribution in [0.15, 0.2) is 16.7 Å². The number of nitrogens with zero attached hydrogens (tertiary/aromatic N) is 1. The summed E-state index contributed by atoms with van der Waals surface area (Å²) >= 11 is 3.26. The molecule has 118 valence electrons. The maximum absolute atomic E-state index is 12.4. The van der Waals surface area contributed by atoms with Crippen LogP contribution in [0.25, 0.3) is 0 Å². The molecular weight excluding hydrogens is 336 g/mol. The standard InChI is InChI=1S/C15H23BrN2O3/c1-4-6-8-15(20,7-5-2)14(19)17-11-9-12(16)18-13(10-11)21-3/h9-10,20H,4-8H2,1-3H3,(H,17,18,19)/t15-/m0/s1. The SMILES string of the molecule is CCCC[C@@](O)(CCC)C(=O)Nc1cc(Br)nc(OC)c1. The molecule has 1 aromatic rings. The Bertz CT molecular complexity index is 482. The number of hydrogen-bond donors (Lipinski definition) is 2. The minimum Gasteiger partial charge on any atom is -0.481 e. The monoisotopic (exact) mass is 358 g/mol. The molecule has 1 atom stereocenters. The quantitative estimate of drug-likeness (QED) is 0.697. The Kier molecular flexibility index (Phi) is 7.11. The first-order chi connectivity index (χ1) is 9.95. The van der Waals surface area contributed by atoms with Crippen LogP contribution in [0.5, 0.6) is 5.88 Å². The third-order valence-electron chi connectivity index (χ3n) is 3.27. The van der Waals surface area contributed by atoms with E-state index >= 15 is 0 Å². The number of amides is 1. The second-order valence-corrected chi connectivity index (χ2v) is 5.87. The Morgan fingerprint density at radius 1 is 1.38 bits per heavy atom. The number of carbonyl (C=O) groups excluding carboxylic acids is 1. The van der Waals surface area contributed by atoms with E-state index in [9.17, 15) is 9.90 Å². The molecule has 0 aliphatic heterocycles. The van der Waals surface area contributed by atoms with Gasteiger partial charge in [0.25, 0.3) is 5.91 Å². The third kappa shape index (κ3) is 5.28. The Morgan fingerprint density at radius 3 is 2.67 bits per heavy atom. The van der Waals surface area contributed by atoms with Gasteiger partial charge in [0, 0.05) is 11.8 Å². The summed E-state index contributed by atoms with van der Waals surface area (Å²) < 4.78 is 5.62. The van der Waals surface area contributed by atoms with Crippen LogP contribution in [0, 0.1) is 0 Å². The van der Waals surface area contributed by atoms with E-state index in [1.165, 1.54) is 7.11 Å². The number of anilines is 1. The van der Waals surface area contributed by atoms with E-state index in [1.807, 2.05) is 13.8 Å². The van der Waals surface area contributed by atoms with Crippen molar-refractivity contribution in [2.75, 3.05) is 12.4 Å². The molecule has 5 nitrogen and oxygen atoms in total. The maximum Gasteiger partial charge on any atom is 0.256 e. The van der Waals surface area contributed by atoms with Crippen molar-refractivity contribution >= 4 is 27.5 Å². The molecule has 0 fully saturated rings. The second-order valence-electron chi connectivity index (χ2n) is 5.06. The predicted octanol–water partition coefficient (Wildman–Crippen LogP) is 3.51. The molecule has 1 heterocycles. The van der Waals surface area contributed by atoms with E-state index in [2.05, 4.69) is 26.2 Å². The van der Waals surface area contributed by atoms with Crippen LogP contribution >= 0.6 is 15.9 Å². The van der Waals surface area contributed by atoms with Gasteiger partial charge in [-0.05, 0) is 34.8 Å². The molecule has 0 saturated heterocycles. The third-order valence-corrected chi connectivity index (χ3v) is 3.67. The van der Waals surface area contributed by atoms with Gasteiger partial charge in [-0.15, -0.1) is 0 Å². The summed E-state index contributed by atoms with van der Waals surface area (Å²) in [5, 5.41) is 13.4. The minimum atomic E-state index is -1.33. The molecule has 0 radical (unpaired) electrons. The van der Waals surface area contributed by atoms with Crippen LogP contribution in [-0.2, 0) is 4.79 Å². The van der Waals surface area contributed by atoms with Crippen LogP contribution in [0.2, 0.25) is 0 Å². The van der Waals surface area contributed by atoms with Gasteiger partial charge in [0.2, 0.25) is 5.88 Å². The second kappa shape index (κ2) is 8.34. The average Bonchev–Trinajstić information content (AvgIpc) is 2.44. The van der Waals surface area contributed by atoms with E-state index in [0.717, 1.165) is 19.3 Å². The lowest BCUT2D eigenvalue weighted by Gasteiger charge is -2.26. The van der Waals surface area contributed by atoms with Crippen molar-refractivity contribution in [2.45, 2.75) is 51.6 Å². The summed E-state index contributed by atoms with van der Waals surface area (Å²) in [6, 6.07) is 3.29. The molecule has 0 aliphatic rings. The summed E-state index contributed by atoms with van der Waals surface area (Å²) in [5.74, 6) is 0.0187. The number of pyridine rings is 1. The van der Waals surface area contributed by atoms with E-state index in [-0.39, 0.29) is 5.91 Å². The van der Waals surface area contributed by atoms with Crippen LogP contribution < -0.4 is 10.1 Å². The number of methoxy groups -OCH3 is 1. The fourth-order valence-electron chi connectivity index (χ4n) is 2.13. The van der Waals surface area contributed by atoms with Crippen molar-refractivity contribution in [1.29, 1.82) is 0 Å². The van der Waals surface area contributed by atoms with Crippen LogP contribution in [-0.4, -0.2) is 28.7 Å². The van der Waals surface area contributed by atoms with Crippen molar-refractivity contribution in [1.82, 2.24) is 4.98 Å². The molecular formula is C15H23BrN2O3. The van der Waals surface area contributed by atoms with Gasteiger partial charge in [-0.3, -0.25) is 4.79 Å². The van der Waals surface area contributed by atoms with E-state index in [4.69, 9.17) is 4.74 Å². The topological polar surface area (TPSA) is 71.5 Å². The van der Waals surface area contributed by atoms with Gasteiger partial charge < -0.3 is 15.2 Å². The molecule has 1 amide bonds. The lowest BCUT2D eigenvalue weighted by molar-refractivity contribution is -0.135. The zero-order valence-electron chi connectivity index (χ0n) is 12.8. The van der Waals surface area contributed by atoms with Crippen molar-refractivity contribution in [3.8, 4) is 5.88 Å². The molecule has 0 aliphatic carbocycles. The maximum atomic E-state index is 12.4. The molecule has 0 spiro atoms. The van der Waals surface area contributed by atoms with Gasteiger partial charge in [-0.1, -0.05) is 33.1 Å². The van der Waals surface area contributed by atoms with Crippen LogP contribution in [0.3, 0.4) is 0 Å². The summed E-state index contributed by atoms with van der Waals surface area (Å²) in [7, 11) is 1.51. The minimum absolute atomic E-state index is 0.377. The molecule has 0 aromatic carbocycles. The summed E-state index contributed by atoms with van der Waals surface area (Å²) in [6.45, 7) is 3.99. The molecule has 6 heteroatoms. The summed E-state index contributed by atoms with van der Waals surface area (Å²) in [5.41, 5.74) is -0.780. The van der Waals surface area contributed by atoms with Gasteiger partial charge in [0.05, 0.1) is 7.11 Å². The smallest absolute Gasteiger partial charge is 0.256 e. The van der Waals surface area contributed by atoms with Gasteiger partial charge in [0.15, 0.2) is 0 Å². The Morgan fingerprint density at radius 2 is 2.10 bits per heavy atom. The highest BCUT2D eigenvalue weighted by Gasteiger charge is 2.34. The molecule has 1 aromatic heterocycles. The summed E-state index contributed by atoms with van der Waals surface area (Å²) in [6.07, 6.45) is 3.41. The van der Waals surface area contributed by atoms with Crippen molar-refractivity contribution in [3.05, 3.63) is 16.7 Å². The normalized spacial score (nSPS) is 13.6. The zero-order valence-corrected chi connectivity index (χ0v) is 14.4. The first-order valence-corrected chi connectivity index (χ1v) is 8.00. The predicted molar refractivity (Wildman–Crippen MR) is 86.5 cm³/mol. The fraction of sp³-hybridized carbons (Fsp3) is 0.600. The molecule has 21 heavy (non-hydrogen) atoms. The number of halogens is 1. The van der Waals surface area contributed by atoms with Crippen LogP contribution in [0.4, 0.5) is 5.69 Å². The number of rotatable bonds is 8. The lowest BCUT2D eigenvalue weighted by atomic mass is 9.90. The number of unbranched alkanes of at least 4 members (excludes halogenated alkanes) is 1. The van der Waals surface area contributed by atoms with Gasteiger partial charge in [0.1, 0.15) is 10.2 Å². The van der Waals surface area contributed by atoms with Crippen molar-refractivity contribution in [3.63, 3.8) is 0 Å². The first kappa shape index (κ1) is 17.9. The Hall–Kier alpha value is -1.14. The van der Waals surface area contributed by atoms with Crippen LogP contribution in [0.1, 0.15) is 46.0 Å². The molecule has 0 saturated carbocycles. The average molecular weight is 359 g/mol. The van der Waals surface area contributed by atoms with Crippen molar-refractivity contribution in [2.24, 2.45) is 0 Å². The zero-order chi connectivity index (χ0) is 15.9. The molecule has 0 bridgehead atoms. The number of carbonyl (C=O) groups is 1. The molecule has 2 N–H and O–H groups in total. The number of aromatic nitrogens is 1. The van der Waals surface area contributed by atoms with Gasteiger partial charge in [-0.25, -0.2) is 4.98 Å². The van der Waals surface area contributed by atoms with Gasteiger partial charge in [-0.2, -0.15) is 0 Å². The number of hydrogen-bond acceptors (Lipinski definition) is 4. The van der Waals surface area contributed by atoms with E-state index in [1.54, 1.807) is 12.1 Å². The fourth-order valence-corrected chi connectivity index (χ4v) is 2.55. The van der Waals surface area contributed by atoms with E-state index < -0.39 is 5.60 Å². The number of aliphatic hydroxyl groups is 1. The molecule has 1 rings (SSSR count). The highest BCUT2D eigenvalue weighted by Crippen LogP contribution is 2.25. The first-order valence-electron chi connectivity index (χ1n) is 7.20. The highest BCUT2D eigenvalue weighted by atomic mass is 79.9. The Labute approximate surface area is 134 Å². The summed E-state index contributed by atoms with van der Waals surface area (Å²) in [4.78, 5) is 16.5.